The summed E-state index contributed by atoms with van der Waals surface area (Å²) in [6.45, 7) is 7.44. The van der Waals surface area contributed by atoms with Gasteiger partial charge in [0.25, 0.3) is 0 Å². The minimum absolute atomic E-state index is 0.0314. The maximum Gasteiger partial charge on any atom is 0.246 e. The number of fused-ring (bicyclic) bond motifs is 1. The van der Waals surface area contributed by atoms with E-state index in [0.717, 1.165) is 55.0 Å². The number of hydrogen-bond donors (Lipinski definition) is 0. The summed E-state index contributed by atoms with van der Waals surface area (Å²) in [5.41, 5.74) is 2.04. The van der Waals surface area contributed by atoms with Crippen molar-refractivity contribution >= 4 is 12.0 Å². The van der Waals surface area contributed by atoms with E-state index < -0.39 is 0 Å². The van der Waals surface area contributed by atoms with Crippen molar-refractivity contribution in [2.45, 2.75) is 45.5 Å². The van der Waals surface area contributed by atoms with Crippen LogP contribution in [-0.4, -0.2) is 56.1 Å². The quantitative estimate of drug-likeness (QED) is 0.727. The molecule has 1 aromatic rings. The second-order valence-corrected chi connectivity index (χ2v) is 7.67. The van der Waals surface area contributed by atoms with E-state index >= 15 is 0 Å². The fourth-order valence-electron chi connectivity index (χ4n) is 4.17. The topological polar surface area (TPSA) is 57.2 Å². The van der Waals surface area contributed by atoms with Gasteiger partial charge in [-0.15, -0.1) is 0 Å². The van der Waals surface area contributed by atoms with Crippen molar-refractivity contribution in [3.8, 4) is 11.5 Å². The Bertz CT molecular complexity index is 733. The van der Waals surface area contributed by atoms with Crippen LogP contribution < -0.4 is 9.47 Å². The summed E-state index contributed by atoms with van der Waals surface area (Å²) in [4.78, 5) is 14.6. The second kappa shape index (κ2) is 8.53. The van der Waals surface area contributed by atoms with Crippen LogP contribution in [0.4, 0.5) is 0 Å². The van der Waals surface area contributed by atoms with Crippen molar-refractivity contribution in [2.75, 3.05) is 32.9 Å². The van der Waals surface area contributed by atoms with Crippen LogP contribution in [0.2, 0.25) is 0 Å². The first-order chi connectivity index (χ1) is 13.6. The molecule has 4 rings (SSSR count). The van der Waals surface area contributed by atoms with Crippen molar-refractivity contribution in [3.05, 3.63) is 29.3 Å². The summed E-state index contributed by atoms with van der Waals surface area (Å²) in [7, 11) is 0. The first kappa shape index (κ1) is 19.3. The van der Waals surface area contributed by atoms with E-state index in [9.17, 15) is 4.79 Å². The number of hydrogen-bond acceptors (Lipinski definition) is 5. The van der Waals surface area contributed by atoms with E-state index in [1.165, 1.54) is 0 Å². The van der Waals surface area contributed by atoms with Gasteiger partial charge in [-0.2, -0.15) is 0 Å². The molecule has 1 aromatic carbocycles. The molecule has 152 valence electrons. The average Bonchev–Trinajstić information content (AvgIpc) is 3.35. The number of piperidine rings is 1. The Balaban J connectivity index is 1.40. The fraction of sp³-hybridized carbons (Fsp3) is 0.591. The van der Waals surface area contributed by atoms with Crippen molar-refractivity contribution in [2.24, 2.45) is 5.92 Å². The van der Waals surface area contributed by atoms with Crippen LogP contribution in [-0.2, 0) is 20.7 Å². The number of ether oxygens (including phenoxy) is 4. The molecule has 0 radical (unpaired) electrons. The van der Waals surface area contributed by atoms with Crippen molar-refractivity contribution in [1.82, 2.24) is 4.90 Å². The van der Waals surface area contributed by atoms with E-state index in [-0.39, 0.29) is 18.3 Å². The SMILES string of the molecule is CCOc1cc2c(cc1/C=C/C(=O)N1CCC(C3OCCO3)CC1)OC(C)C2. The van der Waals surface area contributed by atoms with E-state index in [2.05, 4.69) is 6.92 Å². The van der Waals surface area contributed by atoms with Crippen LogP contribution in [0, 0.1) is 5.92 Å². The van der Waals surface area contributed by atoms with Gasteiger partial charge in [-0.25, -0.2) is 0 Å². The molecule has 0 aromatic heterocycles. The van der Waals surface area contributed by atoms with Gasteiger partial charge in [0.1, 0.15) is 17.6 Å². The Kier molecular flexibility index (Phi) is 5.87. The highest BCUT2D eigenvalue weighted by molar-refractivity contribution is 5.92. The highest BCUT2D eigenvalue weighted by Crippen LogP contribution is 2.36. The van der Waals surface area contributed by atoms with E-state index in [1.807, 2.05) is 30.0 Å². The molecule has 3 aliphatic rings. The molecule has 2 saturated heterocycles. The molecule has 1 amide bonds. The van der Waals surface area contributed by atoms with Crippen LogP contribution in [0.25, 0.3) is 6.08 Å². The monoisotopic (exact) mass is 387 g/mol. The van der Waals surface area contributed by atoms with Gasteiger partial charge in [-0.05, 0) is 44.9 Å². The number of nitrogens with zero attached hydrogens (tertiary/aromatic N) is 1. The van der Waals surface area contributed by atoms with Gasteiger partial charge in [0.15, 0.2) is 6.29 Å². The third kappa shape index (κ3) is 4.18. The lowest BCUT2D eigenvalue weighted by atomic mass is 9.96. The van der Waals surface area contributed by atoms with E-state index in [1.54, 1.807) is 6.08 Å². The molecular weight excluding hydrogens is 358 g/mol. The van der Waals surface area contributed by atoms with Gasteiger partial charge in [0, 0.05) is 42.6 Å². The maximum absolute atomic E-state index is 12.7. The lowest BCUT2D eigenvalue weighted by Gasteiger charge is -2.33. The molecule has 1 atom stereocenters. The summed E-state index contributed by atoms with van der Waals surface area (Å²) in [6, 6.07) is 4.02. The normalized spacial score (nSPS) is 23.2. The molecule has 3 aliphatic heterocycles. The third-order valence-corrected chi connectivity index (χ3v) is 5.62. The predicted molar refractivity (Wildman–Crippen MR) is 105 cm³/mol. The Labute approximate surface area is 166 Å². The van der Waals surface area contributed by atoms with Gasteiger partial charge in [0.2, 0.25) is 5.91 Å². The van der Waals surface area contributed by atoms with Gasteiger partial charge in [-0.3, -0.25) is 4.79 Å². The minimum atomic E-state index is -0.0876. The van der Waals surface area contributed by atoms with Gasteiger partial charge in [0.05, 0.1) is 19.8 Å². The maximum atomic E-state index is 12.7. The smallest absolute Gasteiger partial charge is 0.246 e. The Morgan fingerprint density at radius 1 is 1.25 bits per heavy atom. The molecule has 6 nitrogen and oxygen atoms in total. The van der Waals surface area contributed by atoms with Gasteiger partial charge >= 0.3 is 0 Å². The zero-order valence-corrected chi connectivity index (χ0v) is 16.7. The largest absolute Gasteiger partial charge is 0.493 e. The fourth-order valence-corrected chi connectivity index (χ4v) is 4.17. The molecule has 6 heteroatoms. The van der Waals surface area contributed by atoms with E-state index in [4.69, 9.17) is 18.9 Å². The Morgan fingerprint density at radius 2 is 2.00 bits per heavy atom. The Morgan fingerprint density at radius 3 is 2.71 bits per heavy atom. The molecule has 28 heavy (non-hydrogen) atoms. The second-order valence-electron chi connectivity index (χ2n) is 7.67. The predicted octanol–water partition coefficient (Wildman–Crippen LogP) is 3.03. The number of carbonyl (C=O) groups excluding carboxylic acids is 1. The number of carbonyl (C=O) groups is 1. The highest BCUT2D eigenvalue weighted by atomic mass is 16.7. The van der Waals surface area contributed by atoms with E-state index in [0.29, 0.717) is 25.7 Å². The molecule has 0 bridgehead atoms. The molecule has 1 unspecified atom stereocenters. The summed E-state index contributed by atoms with van der Waals surface area (Å²) in [6.07, 6.45) is 6.30. The molecule has 0 N–H and O–H groups in total. The van der Waals surface area contributed by atoms with Crippen molar-refractivity contribution in [1.29, 1.82) is 0 Å². The summed E-state index contributed by atoms with van der Waals surface area (Å²) in [5, 5.41) is 0. The first-order valence-corrected chi connectivity index (χ1v) is 10.3. The zero-order chi connectivity index (χ0) is 19.5. The third-order valence-electron chi connectivity index (χ3n) is 5.62. The zero-order valence-electron chi connectivity index (χ0n) is 16.7. The van der Waals surface area contributed by atoms with Gasteiger partial charge in [-0.1, -0.05) is 0 Å². The van der Waals surface area contributed by atoms with Crippen LogP contribution in [0.15, 0.2) is 18.2 Å². The van der Waals surface area contributed by atoms with Gasteiger partial charge < -0.3 is 23.8 Å². The molecule has 0 aliphatic carbocycles. The summed E-state index contributed by atoms with van der Waals surface area (Å²) >= 11 is 0. The number of likely N-dealkylation sites (tertiary alicyclic amines) is 1. The average molecular weight is 387 g/mol. The minimum Gasteiger partial charge on any atom is -0.493 e. The molecule has 0 saturated carbocycles. The van der Waals surface area contributed by atoms with Crippen LogP contribution in [0.3, 0.4) is 0 Å². The number of rotatable bonds is 5. The first-order valence-electron chi connectivity index (χ1n) is 10.3. The van der Waals surface area contributed by atoms with Crippen LogP contribution in [0.1, 0.15) is 37.8 Å². The number of amides is 1. The van der Waals surface area contributed by atoms with Crippen molar-refractivity contribution < 1.29 is 23.7 Å². The molecule has 2 fully saturated rings. The number of benzene rings is 1. The van der Waals surface area contributed by atoms with Crippen molar-refractivity contribution in [3.63, 3.8) is 0 Å². The Hall–Kier alpha value is -2.05. The highest BCUT2D eigenvalue weighted by Gasteiger charge is 2.31. The lowest BCUT2D eigenvalue weighted by Crippen LogP contribution is -2.40. The van der Waals surface area contributed by atoms with Crippen LogP contribution >= 0.6 is 0 Å². The lowest BCUT2D eigenvalue weighted by molar-refractivity contribution is -0.131. The summed E-state index contributed by atoms with van der Waals surface area (Å²) < 4.78 is 22.9. The molecule has 0 spiro atoms. The molecule has 3 heterocycles. The molecular formula is C22H29NO5. The standard InChI is InChI=1S/C22H29NO5/c1-3-25-19-14-18-12-15(2)28-20(18)13-17(19)4-5-21(24)23-8-6-16(7-9-23)22-26-10-11-27-22/h4-5,13-16,22H,3,6-12H2,1-2H3/b5-4+. The van der Waals surface area contributed by atoms with Crippen LogP contribution in [0.5, 0.6) is 11.5 Å². The summed E-state index contributed by atoms with van der Waals surface area (Å²) in [5.74, 6) is 2.11.